The third-order valence-corrected chi connectivity index (χ3v) is 3.18. The fourth-order valence-corrected chi connectivity index (χ4v) is 2.06. The number of nitrogens with zero attached hydrogens (tertiary/aromatic N) is 7. The maximum absolute atomic E-state index is 12.5. The lowest BCUT2D eigenvalue weighted by atomic mass is 10.4. The molecule has 0 unspecified atom stereocenters. The maximum Gasteiger partial charge on any atom is 0.512 e. The third-order valence-electron chi connectivity index (χ3n) is 2.89. The molecule has 0 aliphatic heterocycles. The van der Waals surface area contributed by atoms with E-state index in [1.807, 2.05) is 0 Å². The smallest absolute Gasteiger partial charge is 0.449 e. The van der Waals surface area contributed by atoms with E-state index in [4.69, 9.17) is 16.7 Å². The molecule has 3 aromatic heterocycles. The van der Waals surface area contributed by atoms with Crippen molar-refractivity contribution in [2.45, 2.75) is 6.18 Å². The molecule has 1 N–H and O–H groups in total. The number of rotatable bonds is 4. The number of carboxylic acid groups (broad SMARTS) is 1. The first-order valence-corrected chi connectivity index (χ1v) is 7.28. The van der Waals surface area contributed by atoms with Gasteiger partial charge in [0.05, 0.1) is 16.9 Å². The quantitative estimate of drug-likeness (QED) is 0.662. The molecule has 3 aromatic rings. The zero-order valence-corrected chi connectivity index (χ0v) is 13.6. The highest BCUT2D eigenvalue weighted by Crippen LogP contribution is 2.26. The van der Waals surface area contributed by atoms with Crippen molar-refractivity contribution in [1.82, 2.24) is 35.0 Å². The highest BCUT2D eigenvalue weighted by Gasteiger charge is 2.36. The van der Waals surface area contributed by atoms with Gasteiger partial charge in [-0.15, -0.1) is 15.0 Å². The van der Waals surface area contributed by atoms with E-state index in [9.17, 15) is 18.0 Å². The van der Waals surface area contributed by atoms with Crippen molar-refractivity contribution in [2.24, 2.45) is 0 Å². The standard InChI is InChI=1S/C13H7ClF3N7O3/c14-8-2-1-4-18-10(8)24-9(27-12(25)26)6-7(20-24)3-5-23-21-11(19-22-23)13(15,16)17/h1-6H,(H,25,26)/b5-3+. The van der Waals surface area contributed by atoms with Crippen LogP contribution in [-0.2, 0) is 6.18 Å². The average molecular weight is 402 g/mol. The fourth-order valence-electron chi connectivity index (χ4n) is 1.85. The summed E-state index contributed by atoms with van der Waals surface area (Å²) in [5.74, 6) is -1.55. The molecule has 10 nitrogen and oxygen atoms in total. The monoisotopic (exact) mass is 401 g/mol. The van der Waals surface area contributed by atoms with Gasteiger partial charge in [0.1, 0.15) is 0 Å². The van der Waals surface area contributed by atoms with Crippen molar-refractivity contribution in [3.05, 3.63) is 40.9 Å². The topological polar surface area (TPSA) is 121 Å². The molecule has 3 rings (SSSR count). The van der Waals surface area contributed by atoms with Crippen LogP contribution in [0.1, 0.15) is 11.5 Å². The summed E-state index contributed by atoms with van der Waals surface area (Å²) >= 11 is 6.01. The predicted molar refractivity (Wildman–Crippen MR) is 83.1 cm³/mol. The number of pyridine rings is 1. The first kappa shape index (κ1) is 18.3. The van der Waals surface area contributed by atoms with E-state index < -0.39 is 18.2 Å². The van der Waals surface area contributed by atoms with Gasteiger partial charge in [0.15, 0.2) is 5.82 Å². The molecule has 0 saturated carbocycles. The normalized spacial score (nSPS) is 11.9. The van der Waals surface area contributed by atoms with Gasteiger partial charge in [0.2, 0.25) is 5.88 Å². The Hall–Kier alpha value is -3.48. The molecule has 0 saturated heterocycles. The molecule has 0 aliphatic carbocycles. The van der Waals surface area contributed by atoms with Crippen LogP contribution in [0, 0.1) is 0 Å². The largest absolute Gasteiger partial charge is 0.512 e. The fraction of sp³-hybridized carbons (Fsp3) is 0.0769. The van der Waals surface area contributed by atoms with Crippen LogP contribution in [0.2, 0.25) is 5.02 Å². The summed E-state index contributed by atoms with van der Waals surface area (Å²) in [6.07, 6.45) is -2.68. The Balaban J connectivity index is 1.93. The Morgan fingerprint density at radius 1 is 1.33 bits per heavy atom. The second kappa shape index (κ2) is 7.03. The van der Waals surface area contributed by atoms with Gasteiger partial charge in [-0.25, -0.2) is 9.78 Å². The zero-order chi connectivity index (χ0) is 19.6. The van der Waals surface area contributed by atoms with Gasteiger partial charge < -0.3 is 9.84 Å². The van der Waals surface area contributed by atoms with Crippen LogP contribution < -0.4 is 4.74 Å². The van der Waals surface area contributed by atoms with E-state index in [2.05, 4.69) is 30.2 Å². The molecule has 0 atom stereocenters. The van der Waals surface area contributed by atoms with Gasteiger partial charge in [-0.3, -0.25) is 0 Å². The Morgan fingerprint density at radius 2 is 2.11 bits per heavy atom. The van der Waals surface area contributed by atoms with Gasteiger partial charge in [-0.2, -0.15) is 23.0 Å². The third kappa shape index (κ3) is 4.20. The summed E-state index contributed by atoms with van der Waals surface area (Å²) in [4.78, 5) is 15.4. The summed E-state index contributed by atoms with van der Waals surface area (Å²) in [5, 5.41) is 22.3. The molecular formula is C13H7ClF3N7O3. The number of halogens is 4. The number of aromatic nitrogens is 7. The van der Waals surface area contributed by atoms with Gasteiger partial charge >= 0.3 is 12.3 Å². The molecule has 0 spiro atoms. The molecule has 0 radical (unpaired) electrons. The summed E-state index contributed by atoms with van der Waals surface area (Å²) in [5.41, 5.74) is 0.110. The van der Waals surface area contributed by atoms with E-state index >= 15 is 0 Å². The Bertz CT molecular complexity index is 1010. The molecule has 14 heteroatoms. The summed E-state index contributed by atoms with van der Waals surface area (Å²) in [6, 6.07) is 4.27. The SMILES string of the molecule is O=C(O)Oc1cc(/C=C/n2nnc(C(F)(F)F)n2)nn1-c1ncccc1Cl. The minimum Gasteiger partial charge on any atom is -0.449 e. The van der Waals surface area contributed by atoms with Crippen LogP contribution in [0.5, 0.6) is 5.88 Å². The molecule has 0 amide bonds. The highest BCUT2D eigenvalue weighted by molar-refractivity contribution is 6.32. The second-order valence-electron chi connectivity index (χ2n) is 4.74. The lowest BCUT2D eigenvalue weighted by Crippen LogP contribution is -2.09. The first-order valence-electron chi connectivity index (χ1n) is 6.90. The minimum absolute atomic E-state index is 0.0910. The van der Waals surface area contributed by atoms with Crippen molar-refractivity contribution >= 4 is 30.0 Å². The first-order chi connectivity index (χ1) is 12.7. The van der Waals surface area contributed by atoms with Crippen molar-refractivity contribution in [1.29, 1.82) is 0 Å². The molecule has 140 valence electrons. The van der Waals surface area contributed by atoms with Crippen molar-refractivity contribution < 1.29 is 27.8 Å². The lowest BCUT2D eigenvalue weighted by Gasteiger charge is -2.05. The molecule has 27 heavy (non-hydrogen) atoms. The molecule has 0 aromatic carbocycles. The number of alkyl halides is 3. The highest BCUT2D eigenvalue weighted by atomic mass is 35.5. The minimum atomic E-state index is -4.73. The molecule has 3 heterocycles. The van der Waals surface area contributed by atoms with Crippen LogP contribution in [0.4, 0.5) is 18.0 Å². The van der Waals surface area contributed by atoms with Crippen LogP contribution in [-0.4, -0.2) is 46.2 Å². The van der Waals surface area contributed by atoms with Crippen LogP contribution in [0.15, 0.2) is 24.4 Å². The van der Waals surface area contributed by atoms with Crippen LogP contribution >= 0.6 is 11.6 Å². The van der Waals surface area contributed by atoms with Crippen molar-refractivity contribution in [3.8, 4) is 11.7 Å². The predicted octanol–water partition coefficient (Wildman–Crippen LogP) is 2.61. The number of ether oxygens (including phenoxy) is 1. The number of tetrazole rings is 1. The van der Waals surface area contributed by atoms with E-state index in [-0.39, 0.29) is 22.4 Å². The number of carbonyl (C=O) groups is 1. The van der Waals surface area contributed by atoms with E-state index in [1.165, 1.54) is 24.4 Å². The van der Waals surface area contributed by atoms with Gasteiger partial charge in [-0.05, 0) is 23.4 Å². The Morgan fingerprint density at radius 3 is 2.74 bits per heavy atom. The number of hydrogen-bond acceptors (Lipinski definition) is 7. The van der Waals surface area contributed by atoms with E-state index in [1.54, 1.807) is 6.07 Å². The summed E-state index contributed by atoms with van der Waals surface area (Å²) < 4.78 is 43.0. The molecular weight excluding hydrogens is 395 g/mol. The lowest BCUT2D eigenvalue weighted by molar-refractivity contribution is -0.145. The summed E-state index contributed by atoms with van der Waals surface area (Å²) in [6.45, 7) is 0. The van der Waals surface area contributed by atoms with Gasteiger partial charge in [0, 0.05) is 12.3 Å². The molecule has 0 bridgehead atoms. The number of hydrogen-bond donors (Lipinski definition) is 1. The van der Waals surface area contributed by atoms with Gasteiger partial charge in [0.25, 0.3) is 5.82 Å². The Labute approximate surface area is 152 Å². The Kier molecular flexibility index (Phi) is 4.77. The molecule has 0 aliphatic rings. The van der Waals surface area contributed by atoms with E-state index in [0.29, 0.717) is 4.80 Å². The molecule has 0 fully saturated rings. The van der Waals surface area contributed by atoms with E-state index in [0.717, 1.165) is 10.9 Å². The zero-order valence-electron chi connectivity index (χ0n) is 12.9. The summed E-state index contributed by atoms with van der Waals surface area (Å²) in [7, 11) is 0. The maximum atomic E-state index is 12.5. The van der Waals surface area contributed by atoms with Gasteiger partial charge in [-0.1, -0.05) is 11.6 Å². The van der Waals surface area contributed by atoms with Crippen molar-refractivity contribution in [3.63, 3.8) is 0 Å². The van der Waals surface area contributed by atoms with Crippen LogP contribution in [0.25, 0.3) is 18.1 Å². The second-order valence-corrected chi connectivity index (χ2v) is 5.15. The van der Waals surface area contributed by atoms with Crippen LogP contribution in [0.3, 0.4) is 0 Å². The van der Waals surface area contributed by atoms with Crippen molar-refractivity contribution in [2.75, 3.05) is 0 Å². The average Bonchev–Trinajstić information content (AvgIpc) is 3.20.